The number of nitrogens with zero attached hydrogens (tertiary/aromatic N) is 1. The van der Waals surface area contributed by atoms with E-state index in [4.69, 9.17) is 11.6 Å². The normalized spacial score (nSPS) is 10.8. The molecule has 8 heteroatoms. The van der Waals surface area contributed by atoms with E-state index in [1.165, 1.54) is 12.1 Å². The smallest absolute Gasteiger partial charge is 0.224 e. The minimum atomic E-state index is -0.340. The SMILES string of the molecule is CCNC(=NCc1cccc(Cl)c1)NCCNC(=O)Cc1cccc(F)c1.I. The van der Waals surface area contributed by atoms with Crippen LogP contribution in [0.1, 0.15) is 18.1 Å². The van der Waals surface area contributed by atoms with E-state index in [2.05, 4.69) is 20.9 Å². The minimum Gasteiger partial charge on any atom is -0.357 e. The molecule has 0 saturated carbocycles. The molecule has 0 bridgehead atoms. The van der Waals surface area contributed by atoms with Crippen LogP contribution in [0.15, 0.2) is 53.5 Å². The highest BCUT2D eigenvalue weighted by Crippen LogP contribution is 2.11. The second-order valence-corrected chi connectivity index (χ2v) is 6.34. The van der Waals surface area contributed by atoms with Crippen molar-refractivity contribution >= 4 is 47.4 Å². The topological polar surface area (TPSA) is 65.5 Å². The molecule has 0 aromatic heterocycles. The lowest BCUT2D eigenvalue weighted by atomic mass is 10.1. The second-order valence-electron chi connectivity index (χ2n) is 5.91. The number of carbonyl (C=O) groups is 1. The number of nitrogens with one attached hydrogen (secondary N) is 3. The molecule has 2 aromatic carbocycles. The van der Waals surface area contributed by atoms with Crippen molar-refractivity contribution in [3.8, 4) is 0 Å². The van der Waals surface area contributed by atoms with Crippen LogP contribution in [0.5, 0.6) is 0 Å². The van der Waals surface area contributed by atoms with Gasteiger partial charge in [-0.15, -0.1) is 24.0 Å². The van der Waals surface area contributed by atoms with E-state index in [0.717, 1.165) is 12.1 Å². The first kappa shape index (κ1) is 24.2. The van der Waals surface area contributed by atoms with Crippen LogP contribution in [0.3, 0.4) is 0 Å². The van der Waals surface area contributed by atoms with Crippen LogP contribution in [-0.4, -0.2) is 31.5 Å². The van der Waals surface area contributed by atoms with Crippen molar-refractivity contribution in [2.24, 2.45) is 4.99 Å². The Morgan fingerprint density at radius 1 is 1.04 bits per heavy atom. The quantitative estimate of drug-likeness (QED) is 0.217. The van der Waals surface area contributed by atoms with Gasteiger partial charge in [-0.05, 0) is 42.3 Å². The molecule has 0 aliphatic rings. The predicted molar refractivity (Wildman–Crippen MR) is 123 cm³/mol. The summed E-state index contributed by atoms with van der Waals surface area (Å²) >= 11 is 5.98. The van der Waals surface area contributed by atoms with E-state index in [0.29, 0.717) is 36.2 Å². The third-order valence-corrected chi connectivity index (χ3v) is 3.88. The summed E-state index contributed by atoms with van der Waals surface area (Å²) < 4.78 is 13.1. The fourth-order valence-corrected chi connectivity index (χ4v) is 2.64. The van der Waals surface area contributed by atoms with Gasteiger partial charge in [0.25, 0.3) is 0 Å². The molecule has 2 rings (SSSR count). The number of carbonyl (C=O) groups excluding carboxylic acids is 1. The molecule has 0 atom stereocenters. The lowest BCUT2D eigenvalue weighted by Gasteiger charge is -2.12. The molecule has 0 radical (unpaired) electrons. The molecular formula is C20H25ClFIN4O. The molecule has 0 aliphatic carbocycles. The number of aliphatic imine (C=N–C) groups is 1. The molecule has 5 nitrogen and oxygen atoms in total. The molecule has 0 saturated heterocycles. The summed E-state index contributed by atoms with van der Waals surface area (Å²) in [5.41, 5.74) is 1.67. The van der Waals surface area contributed by atoms with Crippen LogP contribution in [0.25, 0.3) is 0 Å². The number of hydrogen-bond acceptors (Lipinski definition) is 2. The summed E-state index contributed by atoms with van der Waals surface area (Å²) in [6.07, 6.45) is 0.153. The summed E-state index contributed by atoms with van der Waals surface area (Å²) in [6, 6.07) is 13.6. The molecule has 2 aromatic rings. The van der Waals surface area contributed by atoms with E-state index in [1.807, 2.05) is 31.2 Å². The van der Waals surface area contributed by atoms with Crippen molar-refractivity contribution in [2.45, 2.75) is 19.9 Å². The Morgan fingerprint density at radius 2 is 1.75 bits per heavy atom. The highest BCUT2D eigenvalue weighted by atomic mass is 127. The van der Waals surface area contributed by atoms with Crippen LogP contribution in [0.4, 0.5) is 4.39 Å². The number of hydrogen-bond donors (Lipinski definition) is 3. The van der Waals surface area contributed by atoms with Crippen LogP contribution in [0, 0.1) is 5.82 Å². The summed E-state index contributed by atoms with van der Waals surface area (Å²) in [4.78, 5) is 16.4. The fourth-order valence-electron chi connectivity index (χ4n) is 2.43. The number of halogens is 3. The Hall–Kier alpha value is -1.87. The van der Waals surface area contributed by atoms with Gasteiger partial charge in [0, 0.05) is 24.7 Å². The Bertz CT molecular complexity index is 788. The van der Waals surface area contributed by atoms with Crippen LogP contribution in [-0.2, 0) is 17.8 Å². The molecule has 28 heavy (non-hydrogen) atoms. The van der Waals surface area contributed by atoms with Crippen molar-refractivity contribution < 1.29 is 9.18 Å². The van der Waals surface area contributed by atoms with Crippen LogP contribution >= 0.6 is 35.6 Å². The van der Waals surface area contributed by atoms with Crippen molar-refractivity contribution in [1.82, 2.24) is 16.0 Å². The Balaban J connectivity index is 0.00000392. The summed E-state index contributed by atoms with van der Waals surface area (Å²) in [6.45, 7) is 4.18. The Morgan fingerprint density at radius 3 is 2.46 bits per heavy atom. The fraction of sp³-hybridized carbons (Fsp3) is 0.300. The van der Waals surface area contributed by atoms with E-state index in [9.17, 15) is 9.18 Å². The van der Waals surface area contributed by atoms with Crippen LogP contribution in [0.2, 0.25) is 5.02 Å². The zero-order chi connectivity index (χ0) is 19.5. The van der Waals surface area contributed by atoms with Gasteiger partial charge in [0.05, 0.1) is 13.0 Å². The number of rotatable bonds is 8. The van der Waals surface area contributed by atoms with Gasteiger partial charge in [0.15, 0.2) is 5.96 Å². The zero-order valence-electron chi connectivity index (χ0n) is 15.7. The maximum absolute atomic E-state index is 13.1. The first-order valence-corrected chi connectivity index (χ1v) is 9.22. The molecule has 0 spiro atoms. The largest absolute Gasteiger partial charge is 0.357 e. The van der Waals surface area contributed by atoms with Gasteiger partial charge in [-0.25, -0.2) is 9.38 Å². The molecule has 3 N–H and O–H groups in total. The predicted octanol–water partition coefficient (Wildman–Crippen LogP) is 3.51. The van der Waals surface area contributed by atoms with Gasteiger partial charge >= 0.3 is 0 Å². The van der Waals surface area contributed by atoms with E-state index in [-0.39, 0.29) is 42.1 Å². The lowest BCUT2D eigenvalue weighted by molar-refractivity contribution is -0.120. The molecule has 0 heterocycles. The first-order chi connectivity index (χ1) is 13.1. The average molecular weight is 519 g/mol. The summed E-state index contributed by atoms with van der Waals surface area (Å²) in [5.74, 6) is 0.174. The first-order valence-electron chi connectivity index (χ1n) is 8.84. The van der Waals surface area contributed by atoms with E-state index >= 15 is 0 Å². The lowest BCUT2D eigenvalue weighted by Crippen LogP contribution is -2.41. The van der Waals surface area contributed by atoms with Crippen LogP contribution < -0.4 is 16.0 Å². The standard InChI is InChI=1S/C20H24ClFN4O.HI/c1-2-23-20(26-14-16-6-3-7-17(21)11-16)25-10-9-24-19(27)13-15-5-4-8-18(22)12-15;/h3-8,11-12H,2,9-10,13-14H2,1H3,(H,24,27)(H2,23,25,26);1H. The summed E-state index contributed by atoms with van der Waals surface area (Å²) in [7, 11) is 0. The molecule has 152 valence electrons. The van der Waals surface area contributed by atoms with Gasteiger partial charge in [0.1, 0.15) is 5.82 Å². The van der Waals surface area contributed by atoms with Crippen molar-refractivity contribution in [3.05, 3.63) is 70.5 Å². The third kappa shape index (κ3) is 9.36. The molecular weight excluding hydrogens is 494 g/mol. The van der Waals surface area contributed by atoms with Gasteiger partial charge in [-0.3, -0.25) is 4.79 Å². The third-order valence-electron chi connectivity index (χ3n) is 3.65. The van der Waals surface area contributed by atoms with Gasteiger partial charge in [0.2, 0.25) is 5.91 Å². The highest BCUT2D eigenvalue weighted by Gasteiger charge is 2.04. The monoisotopic (exact) mass is 518 g/mol. The Labute approximate surface area is 187 Å². The molecule has 0 unspecified atom stereocenters. The number of amides is 1. The van der Waals surface area contributed by atoms with Crippen molar-refractivity contribution in [2.75, 3.05) is 19.6 Å². The molecule has 0 aliphatic heterocycles. The van der Waals surface area contributed by atoms with Crippen molar-refractivity contribution in [3.63, 3.8) is 0 Å². The van der Waals surface area contributed by atoms with E-state index in [1.54, 1.807) is 12.1 Å². The van der Waals surface area contributed by atoms with Gasteiger partial charge in [-0.2, -0.15) is 0 Å². The minimum absolute atomic E-state index is 0. The Kier molecular flexibility index (Phi) is 11.5. The van der Waals surface area contributed by atoms with E-state index < -0.39 is 0 Å². The average Bonchev–Trinajstić information content (AvgIpc) is 2.63. The number of benzene rings is 2. The maximum atomic E-state index is 13.1. The van der Waals surface area contributed by atoms with Crippen molar-refractivity contribution in [1.29, 1.82) is 0 Å². The zero-order valence-corrected chi connectivity index (χ0v) is 18.8. The maximum Gasteiger partial charge on any atom is 0.224 e. The second kappa shape index (κ2) is 13.3. The van der Waals surface area contributed by atoms with Gasteiger partial charge in [-0.1, -0.05) is 35.9 Å². The van der Waals surface area contributed by atoms with Gasteiger partial charge < -0.3 is 16.0 Å². The number of guanidine groups is 1. The highest BCUT2D eigenvalue weighted by molar-refractivity contribution is 14.0. The summed E-state index contributed by atoms with van der Waals surface area (Å²) in [5, 5.41) is 9.81. The molecule has 1 amide bonds. The molecule has 0 fully saturated rings.